The Kier molecular flexibility index (Phi) is 1.89. The second-order valence-corrected chi connectivity index (χ2v) is 2.94. The Morgan fingerprint density at radius 3 is 2.85 bits per heavy atom. The third-order valence-electron chi connectivity index (χ3n) is 2.14. The molecule has 0 saturated heterocycles. The molecule has 1 aromatic heterocycles. The lowest BCUT2D eigenvalue weighted by molar-refractivity contribution is 0.608. The van der Waals surface area contributed by atoms with Gasteiger partial charge in [-0.05, 0) is 18.1 Å². The SMILES string of the molecule is CCc1coc2c(=O)ccccc12. The van der Waals surface area contributed by atoms with Crippen LogP contribution in [0.1, 0.15) is 12.5 Å². The summed E-state index contributed by atoms with van der Waals surface area (Å²) in [5.74, 6) is 0. The van der Waals surface area contributed by atoms with E-state index in [2.05, 4.69) is 0 Å². The molecular formula is C11H10O2. The lowest BCUT2D eigenvalue weighted by atomic mass is 10.2. The smallest absolute Gasteiger partial charge is 0.221 e. The Bertz CT molecular complexity index is 483. The minimum absolute atomic E-state index is 0.0558. The maximum atomic E-state index is 11.4. The van der Waals surface area contributed by atoms with Crippen molar-refractivity contribution >= 4 is 11.0 Å². The van der Waals surface area contributed by atoms with Crippen LogP contribution in [0.4, 0.5) is 0 Å². The Balaban J connectivity index is 2.94. The summed E-state index contributed by atoms with van der Waals surface area (Å²) in [5, 5.41) is 0.928. The van der Waals surface area contributed by atoms with Crippen molar-refractivity contribution < 1.29 is 4.42 Å². The van der Waals surface area contributed by atoms with E-state index >= 15 is 0 Å². The quantitative estimate of drug-likeness (QED) is 0.664. The molecule has 1 heterocycles. The van der Waals surface area contributed by atoms with E-state index in [4.69, 9.17) is 4.42 Å². The first-order valence-electron chi connectivity index (χ1n) is 4.32. The van der Waals surface area contributed by atoms with E-state index in [-0.39, 0.29) is 5.43 Å². The van der Waals surface area contributed by atoms with Gasteiger partial charge >= 0.3 is 0 Å². The zero-order valence-corrected chi connectivity index (χ0v) is 7.41. The summed E-state index contributed by atoms with van der Waals surface area (Å²) in [6.45, 7) is 2.04. The molecule has 0 aliphatic rings. The van der Waals surface area contributed by atoms with Crippen LogP contribution in [0.25, 0.3) is 11.0 Å². The molecule has 2 rings (SSSR count). The lowest BCUT2D eigenvalue weighted by Crippen LogP contribution is -1.91. The number of rotatable bonds is 1. The van der Waals surface area contributed by atoms with Gasteiger partial charge < -0.3 is 4.42 Å². The van der Waals surface area contributed by atoms with Crippen LogP contribution in [0, 0.1) is 0 Å². The molecule has 2 heteroatoms. The van der Waals surface area contributed by atoms with Crippen LogP contribution in [0.15, 0.2) is 39.7 Å². The first-order chi connectivity index (χ1) is 6.33. The molecule has 0 N–H and O–H groups in total. The minimum Gasteiger partial charge on any atom is -0.460 e. The molecule has 0 bridgehead atoms. The van der Waals surface area contributed by atoms with Crippen molar-refractivity contribution in [3.63, 3.8) is 0 Å². The Hall–Kier alpha value is -1.57. The molecule has 0 aliphatic heterocycles. The summed E-state index contributed by atoms with van der Waals surface area (Å²) in [6, 6.07) is 7.03. The maximum Gasteiger partial charge on any atom is 0.221 e. The summed E-state index contributed by atoms with van der Waals surface area (Å²) < 4.78 is 5.22. The van der Waals surface area contributed by atoms with Crippen molar-refractivity contribution in [2.24, 2.45) is 0 Å². The first-order valence-corrected chi connectivity index (χ1v) is 4.32. The second-order valence-electron chi connectivity index (χ2n) is 2.94. The molecule has 0 spiro atoms. The molecule has 2 nitrogen and oxygen atoms in total. The fraction of sp³-hybridized carbons (Fsp3) is 0.182. The van der Waals surface area contributed by atoms with Gasteiger partial charge in [-0.3, -0.25) is 4.79 Å². The summed E-state index contributed by atoms with van der Waals surface area (Å²) >= 11 is 0. The summed E-state index contributed by atoms with van der Waals surface area (Å²) in [4.78, 5) is 11.4. The molecule has 0 atom stereocenters. The van der Waals surface area contributed by atoms with Crippen LogP contribution < -0.4 is 5.43 Å². The number of furan rings is 1. The van der Waals surface area contributed by atoms with E-state index in [9.17, 15) is 4.79 Å². The van der Waals surface area contributed by atoms with Crippen LogP contribution in [0.5, 0.6) is 0 Å². The molecule has 0 amide bonds. The van der Waals surface area contributed by atoms with E-state index in [1.54, 1.807) is 12.3 Å². The van der Waals surface area contributed by atoms with Crippen LogP contribution in [-0.2, 0) is 6.42 Å². The van der Waals surface area contributed by atoms with Crippen molar-refractivity contribution in [2.75, 3.05) is 0 Å². The summed E-state index contributed by atoms with van der Waals surface area (Å²) in [5.41, 5.74) is 1.49. The van der Waals surface area contributed by atoms with Gasteiger partial charge in [0.05, 0.1) is 6.26 Å². The third kappa shape index (κ3) is 1.24. The van der Waals surface area contributed by atoms with Gasteiger partial charge in [0.2, 0.25) is 5.43 Å². The second kappa shape index (κ2) is 3.05. The fourth-order valence-electron chi connectivity index (χ4n) is 1.42. The summed E-state index contributed by atoms with van der Waals surface area (Å²) in [6.07, 6.45) is 2.54. The van der Waals surface area contributed by atoms with Gasteiger partial charge in [0, 0.05) is 5.39 Å². The fourth-order valence-corrected chi connectivity index (χ4v) is 1.42. The molecule has 0 radical (unpaired) electrons. The van der Waals surface area contributed by atoms with Gasteiger partial charge in [0.15, 0.2) is 5.58 Å². The molecule has 2 aromatic rings. The number of hydrogen-bond acceptors (Lipinski definition) is 2. The summed E-state index contributed by atoms with van der Waals surface area (Å²) in [7, 11) is 0. The molecule has 0 saturated carbocycles. The maximum absolute atomic E-state index is 11.4. The van der Waals surface area contributed by atoms with E-state index in [1.165, 1.54) is 6.07 Å². The van der Waals surface area contributed by atoms with Crippen molar-refractivity contribution in [1.29, 1.82) is 0 Å². The standard InChI is InChI=1S/C11H10O2/c1-2-8-7-13-11-9(8)5-3-4-6-10(11)12/h3-7H,2H2,1H3. The molecule has 13 heavy (non-hydrogen) atoms. The number of aryl methyl sites for hydroxylation is 1. The monoisotopic (exact) mass is 174 g/mol. The third-order valence-corrected chi connectivity index (χ3v) is 2.14. The van der Waals surface area contributed by atoms with Gasteiger partial charge in [-0.15, -0.1) is 0 Å². The molecular weight excluding hydrogens is 164 g/mol. The van der Waals surface area contributed by atoms with Gasteiger partial charge in [-0.25, -0.2) is 0 Å². The Labute approximate surface area is 75.8 Å². The van der Waals surface area contributed by atoms with Gasteiger partial charge in [0.25, 0.3) is 0 Å². The van der Waals surface area contributed by atoms with Crippen LogP contribution in [0.3, 0.4) is 0 Å². The molecule has 0 fully saturated rings. The van der Waals surface area contributed by atoms with E-state index in [1.807, 2.05) is 19.1 Å². The van der Waals surface area contributed by atoms with Gasteiger partial charge in [-0.2, -0.15) is 0 Å². The molecule has 66 valence electrons. The molecule has 0 unspecified atom stereocenters. The van der Waals surface area contributed by atoms with Crippen molar-refractivity contribution in [1.82, 2.24) is 0 Å². The lowest BCUT2D eigenvalue weighted by Gasteiger charge is -1.84. The van der Waals surface area contributed by atoms with E-state index in [0.29, 0.717) is 5.58 Å². The highest BCUT2D eigenvalue weighted by Crippen LogP contribution is 2.17. The van der Waals surface area contributed by atoms with Crippen LogP contribution >= 0.6 is 0 Å². The van der Waals surface area contributed by atoms with Crippen molar-refractivity contribution in [2.45, 2.75) is 13.3 Å². The average molecular weight is 174 g/mol. The number of fused-ring (bicyclic) bond motifs is 1. The molecule has 0 aliphatic carbocycles. The highest BCUT2D eigenvalue weighted by atomic mass is 16.3. The predicted octanol–water partition coefficient (Wildman–Crippen LogP) is 2.36. The zero-order chi connectivity index (χ0) is 9.26. The van der Waals surface area contributed by atoms with E-state index < -0.39 is 0 Å². The first kappa shape index (κ1) is 8.05. The number of hydrogen-bond donors (Lipinski definition) is 0. The minimum atomic E-state index is -0.0558. The Morgan fingerprint density at radius 1 is 1.31 bits per heavy atom. The van der Waals surface area contributed by atoms with Crippen molar-refractivity contribution in [3.8, 4) is 0 Å². The topological polar surface area (TPSA) is 30.2 Å². The van der Waals surface area contributed by atoms with E-state index in [0.717, 1.165) is 17.4 Å². The highest BCUT2D eigenvalue weighted by Gasteiger charge is 2.04. The average Bonchev–Trinajstić information content (AvgIpc) is 2.47. The Morgan fingerprint density at radius 2 is 2.08 bits per heavy atom. The molecule has 1 aromatic carbocycles. The highest BCUT2D eigenvalue weighted by molar-refractivity contribution is 5.79. The predicted molar refractivity (Wildman–Crippen MR) is 51.9 cm³/mol. The normalized spacial score (nSPS) is 10.5. The van der Waals surface area contributed by atoms with Crippen LogP contribution in [0.2, 0.25) is 0 Å². The van der Waals surface area contributed by atoms with Gasteiger partial charge in [0.1, 0.15) is 0 Å². The van der Waals surface area contributed by atoms with Gasteiger partial charge in [-0.1, -0.05) is 25.1 Å². The van der Waals surface area contributed by atoms with Crippen LogP contribution in [-0.4, -0.2) is 0 Å². The largest absolute Gasteiger partial charge is 0.460 e. The van der Waals surface area contributed by atoms with Crippen molar-refractivity contribution in [3.05, 3.63) is 46.3 Å². The zero-order valence-electron chi connectivity index (χ0n) is 7.41.